The highest BCUT2D eigenvalue weighted by Crippen LogP contribution is 2.45. The fourth-order valence-corrected chi connectivity index (χ4v) is 5.26. The van der Waals surface area contributed by atoms with Crippen molar-refractivity contribution in [2.45, 2.75) is 54.9 Å². The number of ether oxygens (including phenoxy) is 1. The van der Waals surface area contributed by atoms with Gasteiger partial charge in [-0.15, -0.1) is 11.8 Å². The van der Waals surface area contributed by atoms with E-state index in [0.717, 1.165) is 41.2 Å². The highest BCUT2D eigenvalue weighted by Gasteiger charge is 2.35. The summed E-state index contributed by atoms with van der Waals surface area (Å²) in [6, 6.07) is 14.9. The van der Waals surface area contributed by atoms with Gasteiger partial charge >= 0.3 is 0 Å². The first kappa shape index (κ1) is 22.8. The molecule has 0 radical (unpaired) electrons. The monoisotopic (exact) mass is 442 g/mol. The summed E-state index contributed by atoms with van der Waals surface area (Å²) >= 11 is 3.33. The third-order valence-corrected chi connectivity index (χ3v) is 7.32. The average Bonchev–Trinajstić information content (AvgIpc) is 2.95. The largest absolute Gasteiger partial charge is 0.464 e. The number of nitrogens with zero attached hydrogens (tertiary/aromatic N) is 1. The highest BCUT2D eigenvalue weighted by atomic mass is 32.2. The van der Waals surface area contributed by atoms with Crippen molar-refractivity contribution in [2.24, 2.45) is 0 Å². The minimum absolute atomic E-state index is 0.0213. The van der Waals surface area contributed by atoms with Crippen LogP contribution in [0.2, 0.25) is 0 Å². The number of hydrogen-bond acceptors (Lipinski definition) is 6. The van der Waals surface area contributed by atoms with Crippen molar-refractivity contribution in [1.82, 2.24) is 4.72 Å². The summed E-state index contributed by atoms with van der Waals surface area (Å²) in [7, 11) is 0. The number of benzene rings is 2. The van der Waals surface area contributed by atoms with Gasteiger partial charge < -0.3 is 9.64 Å². The Hall–Kier alpha value is -1.89. The Morgan fingerprint density at radius 2 is 2.07 bits per heavy atom. The second-order valence-electron chi connectivity index (χ2n) is 7.42. The van der Waals surface area contributed by atoms with Crippen molar-refractivity contribution in [3.05, 3.63) is 54.8 Å². The summed E-state index contributed by atoms with van der Waals surface area (Å²) in [5, 5.41) is 0. The molecule has 2 aromatic rings. The Labute approximate surface area is 188 Å². The number of aldehydes is 1. The van der Waals surface area contributed by atoms with Crippen LogP contribution >= 0.6 is 23.7 Å². The van der Waals surface area contributed by atoms with Crippen LogP contribution in [0.15, 0.2) is 64.6 Å². The van der Waals surface area contributed by atoms with Crippen LogP contribution in [0, 0.1) is 0 Å². The summed E-state index contributed by atoms with van der Waals surface area (Å²) in [4.78, 5) is 15.2. The molecule has 2 aromatic carbocycles. The first-order chi connectivity index (χ1) is 14.7. The van der Waals surface area contributed by atoms with E-state index in [-0.39, 0.29) is 5.54 Å². The van der Waals surface area contributed by atoms with Crippen LogP contribution < -0.4 is 14.4 Å². The van der Waals surface area contributed by atoms with Crippen LogP contribution in [0.1, 0.15) is 39.5 Å². The van der Waals surface area contributed by atoms with Gasteiger partial charge in [-0.25, -0.2) is 0 Å². The standard InChI is InChI=1S/C24H30N2O2S2/c1-4-6-13-24(5-2)18-26(19-11-8-7-9-12-19)20-16-23(29-3)21(28-15-10-14-27)17-22(20)30-25-24/h7-12,14-17,25H,4-6,13,18H2,1-3H3/b15-10+/t24-/m0/s1. The fourth-order valence-electron chi connectivity index (χ4n) is 3.65. The van der Waals surface area contributed by atoms with E-state index >= 15 is 0 Å². The zero-order valence-corrected chi connectivity index (χ0v) is 19.5. The molecule has 0 aromatic heterocycles. The summed E-state index contributed by atoms with van der Waals surface area (Å²) in [5.41, 5.74) is 2.40. The Kier molecular flexibility index (Phi) is 8.31. The van der Waals surface area contributed by atoms with Crippen molar-refractivity contribution < 1.29 is 9.53 Å². The van der Waals surface area contributed by atoms with Crippen molar-refractivity contribution in [2.75, 3.05) is 17.7 Å². The molecule has 1 heterocycles. The normalized spacial score (nSPS) is 18.8. The lowest BCUT2D eigenvalue weighted by atomic mass is 9.89. The number of fused-ring (bicyclic) bond motifs is 1. The SMILES string of the molecule is CCCC[C@@]1(CC)CN(c2ccccc2)c2cc(SC)c(O/C=C/C=O)cc2SN1. The maximum atomic E-state index is 10.6. The van der Waals surface area contributed by atoms with Gasteiger partial charge in [-0.2, -0.15) is 0 Å². The first-order valence-corrected chi connectivity index (χ1v) is 12.5. The van der Waals surface area contributed by atoms with Gasteiger partial charge in [-0.1, -0.05) is 44.9 Å². The van der Waals surface area contributed by atoms with Gasteiger partial charge in [-0.05, 0) is 55.3 Å². The third kappa shape index (κ3) is 5.23. The molecule has 0 spiro atoms. The minimum Gasteiger partial charge on any atom is -0.464 e. The smallest absolute Gasteiger partial charge is 0.145 e. The van der Waals surface area contributed by atoms with Gasteiger partial charge in [-0.3, -0.25) is 9.52 Å². The van der Waals surface area contributed by atoms with Gasteiger partial charge in [0, 0.05) is 23.8 Å². The van der Waals surface area contributed by atoms with Gasteiger partial charge in [0.05, 0.1) is 21.7 Å². The molecule has 0 saturated carbocycles. The number of carbonyl (C=O) groups excluding carboxylic acids is 1. The van der Waals surface area contributed by atoms with Gasteiger partial charge in [0.1, 0.15) is 12.0 Å². The molecule has 0 fully saturated rings. The van der Waals surface area contributed by atoms with E-state index in [4.69, 9.17) is 4.74 Å². The molecule has 0 saturated heterocycles. The zero-order chi connectivity index (χ0) is 21.4. The lowest BCUT2D eigenvalue weighted by Crippen LogP contribution is -2.48. The van der Waals surface area contributed by atoms with E-state index in [1.807, 2.05) is 6.26 Å². The van der Waals surface area contributed by atoms with Crippen LogP contribution in [0.4, 0.5) is 11.4 Å². The van der Waals surface area contributed by atoms with Crippen LogP contribution in [0.25, 0.3) is 0 Å². The molecule has 1 atom stereocenters. The minimum atomic E-state index is 0.0213. The summed E-state index contributed by atoms with van der Waals surface area (Å²) < 4.78 is 9.57. The van der Waals surface area contributed by atoms with Crippen LogP contribution in [0.5, 0.6) is 5.75 Å². The van der Waals surface area contributed by atoms with E-state index in [1.165, 1.54) is 36.6 Å². The molecule has 1 N–H and O–H groups in total. The van der Waals surface area contributed by atoms with E-state index in [0.29, 0.717) is 0 Å². The molecule has 160 valence electrons. The number of para-hydroxylation sites is 1. The van der Waals surface area contributed by atoms with E-state index < -0.39 is 0 Å². The first-order valence-electron chi connectivity index (χ1n) is 10.4. The molecule has 0 amide bonds. The molecule has 0 unspecified atom stereocenters. The molecule has 4 nitrogen and oxygen atoms in total. The second-order valence-corrected chi connectivity index (χ2v) is 9.11. The molecule has 0 bridgehead atoms. The third-order valence-electron chi connectivity index (χ3n) is 5.48. The number of carbonyl (C=O) groups is 1. The molecule has 6 heteroatoms. The topological polar surface area (TPSA) is 41.6 Å². The van der Waals surface area contributed by atoms with Crippen molar-refractivity contribution in [1.29, 1.82) is 0 Å². The quantitative estimate of drug-likeness (QED) is 0.155. The van der Waals surface area contributed by atoms with Crippen LogP contribution in [-0.2, 0) is 4.79 Å². The van der Waals surface area contributed by atoms with Crippen molar-refractivity contribution >= 4 is 41.4 Å². The maximum absolute atomic E-state index is 10.6. The number of allylic oxidation sites excluding steroid dienone is 1. The van der Waals surface area contributed by atoms with Crippen LogP contribution in [-0.4, -0.2) is 24.6 Å². The summed E-state index contributed by atoms with van der Waals surface area (Å²) in [6.45, 7) is 5.43. The molecule has 1 aliphatic rings. The molecular weight excluding hydrogens is 412 g/mol. The number of anilines is 2. The Balaban J connectivity index is 2.08. The molecule has 1 aliphatic heterocycles. The molecule has 0 aliphatic carbocycles. The summed E-state index contributed by atoms with van der Waals surface area (Å²) in [5.74, 6) is 0.763. The number of thioether (sulfide) groups is 1. The van der Waals surface area contributed by atoms with E-state index in [2.05, 4.69) is 65.9 Å². The number of rotatable bonds is 9. The maximum Gasteiger partial charge on any atom is 0.145 e. The van der Waals surface area contributed by atoms with Crippen molar-refractivity contribution in [3.63, 3.8) is 0 Å². The Morgan fingerprint density at radius 1 is 1.27 bits per heavy atom. The van der Waals surface area contributed by atoms with Crippen LogP contribution in [0.3, 0.4) is 0 Å². The highest BCUT2D eigenvalue weighted by molar-refractivity contribution is 7.98. The Morgan fingerprint density at radius 3 is 2.73 bits per heavy atom. The predicted molar refractivity (Wildman–Crippen MR) is 129 cm³/mol. The van der Waals surface area contributed by atoms with Gasteiger partial charge in [0.2, 0.25) is 0 Å². The number of unbranched alkanes of at least 4 members (excludes halogenated alkanes) is 1. The number of hydrogen-bond donors (Lipinski definition) is 1. The fraction of sp³-hybridized carbons (Fsp3) is 0.375. The molecule has 30 heavy (non-hydrogen) atoms. The molecule has 3 rings (SSSR count). The predicted octanol–water partition coefficient (Wildman–Crippen LogP) is 6.59. The summed E-state index contributed by atoms with van der Waals surface area (Å²) in [6.07, 6.45) is 10.1. The lowest BCUT2D eigenvalue weighted by Gasteiger charge is -2.37. The van der Waals surface area contributed by atoms with E-state index in [9.17, 15) is 4.79 Å². The second kappa shape index (κ2) is 10.9. The molecular formula is C24H30N2O2S2. The lowest BCUT2D eigenvalue weighted by molar-refractivity contribution is -0.104. The zero-order valence-electron chi connectivity index (χ0n) is 17.9. The van der Waals surface area contributed by atoms with Gasteiger partial charge in [0.15, 0.2) is 0 Å². The van der Waals surface area contributed by atoms with Crippen molar-refractivity contribution in [3.8, 4) is 5.75 Å². The number of nitrogens with one attached hydrogen (secondary N) is 1. The van der Waals surface area contributed by atoms with E-state index in [1.54, 1.807) is 23.7 Å². The average molecular weight is 443 g/mol. The Bertz CT molecular complexity index is 873. The van der Waals surface area contributed by atoms with Gasteiger partial charge in [0.25, 0.3) is 0 Å².